The molecule has 1 N–H and O–H groups in total. The van der Waals surface area contributed by atoms with Crippen LogP contribution in [0.3, 0.4) is 0 Å². The summed E-state index contributed by atoms with van der Waals surface area (Å²) in [4.78, 5) is 4.55. The monoisotopic (exact) mass is 308 g/mol. The van der Waals surface area contributed by atoms with Gasteiger partial charge in [0.2, 0.25) is 0 Å². The summed E-state index contributed by atoms with van der Waals surface area (Å²) in [5.74, 6) is 0.584. The van der Waals surface area contributed by atoms with Crippen molar-refractivity contribution >= 4 is 9.84 Å². The maximum atomic E-state index is 12.5. The second kappa shape index (κ2) is 6.05. The molecule has 3 atom stereocenters. The summed E-state index contributed by atoms with van der Waals surface area (Å²) in [6, 6.07) is 4.11. The fraction of sp³-hybridized carbons (Fsp3) is 0.688. The molecule has 1 fully saturated rings. The molecule has 2 aliphatic rings. The number of aryl methyl sites for hydroxylation is 1. The van der Waals surface area contributed by atoms with Crippen molar-refractivity contribution in [2.75, 3.05) is 12.3 Å². The molecule has 1 aromatic heterocycles. The van der Waals surface area contributed by atoms with Crippen LogP contribution in [-0.2, 0) is 16.3 Å². The third-order valence-electron chi connectivity index (χ3n) is 4.90. The molecule has 4 nitrogen and oxygen atoms in total. The second-order valence-corrected chi connectivity index (χ2v) is 8.52. The highest BCUT2D eigenvalue weighted by Gasteiger charge is 2.42. The molecule has 3 unspecified atom stereocenters. The van der Waals surface area contributed by atoms with Crippen molar-refractivity contribution in [3.63, 3.8) is 0 Å². The van der Waals surface area contributed by atoms with Gasteiger partial charge in [-0.1, -0.05) is 19.4 Å². The van der Waals surface area contributed by atoms with Crippen molar-refractivity contribution in [1.82, 2.24) is 10.3 Å². The van der Waals surface area contributed by atoms with Gasteiger partial charge in [-0.3, -0.25) is 4.98 Å². The third kappa shape index (κ3) is 2.86. The highest BCUT2D eigenvalue weighted by molar-refractivity contribution is 7.92. The van der Waals surface area contributed by atoms with E-state index >= 15 is 0 Å². The Balaban J connectivity index is 1.92. The molecule has 0 aromatic carbocycles. The summed E-state index contributed by atoms with van der Waals surface area (Å²) < 4.78 is 25.0. The van der Waals surface area contributed by atoms with E-state index in [-0.39, 0.29) is 17.2 Å². The lowest BCUT2D eigenvalue weighted by atomic mass is 9.91. The molecule has 0 bridgehead atoms. The molecule has 0 saturated carbocycles. The summed E-state index contributed by atoms with van der Waals surface area (Å²) in [5.41, 5.74) is 2.41. The van der Waals surface area contributed by atoms with E-state index in [2.05, 4.69) is 23.3 Å². The molecule has 116 valence electrons. The van der Waals surface area contributed by atoms with Gasteiger partial charge in [-0.2, -0.15) is 0 Å². The van der Waals surface area contributed by atoms with E-state index in [4.69, 9.17) is 0 Å². The van der Waals surface area contributed by atoms with Crippen LogP contribution in [0.25, 0.3) is 0 Å². The lowest BCUT2D eigenvalue weighted by Crippen LogP contribution is -2.49. The standard InChI is InChI=1S/C16H24N2O2S/c1-2-17-16(14-7-3-4-11-21(14,19)20)13-9-8-12-6-5-10-18-15(12)13/h5-6,10,13-14,16-17H,2-4,7-9,11H2,1H3. The molecule has 0 spiro atoms. The lowest BCUT2D eigenvalue weighted by Gasteiger charge is -2.34. The Kier molecular flexibility index (Phi) is 4.31. The second-order valence-electron chi connectivity index (χ2n) is 6.18. The van der Waals surface area contributed by atoms with E-state index < -0.39 is 9.84 Å². The van der Waals surface area contributed by atoms with Crippen molar-refractivity contribution in [1.29, 1.82) is 0 Å². The highest BCUT2D eigenvalue weighted by atomic mass is 32.2. The van der Waals surface area contributed by atoms with Crippen LogP contribution in [0, 0.1) is 0 Å². The summed E-state index contributed by atoms with van der Waals surface area (Å²) in [6.07, 6.45) is 6.48. The van der Waals surface area contributed by atoms with Crippen molar-refractivity contribution in [3.05, 3.63) is 29.6 Å². The van der Waals surface area contributed by atoms with E-state index in [1.165, 1.54) is 5.56 Å². The van der Waals surface area contributed by atoms with E-state index in [1.54, 1.807) is 0 Å². The maximum Gasteiger partial charge on any atom is 0.154 e. The summed E-state index contributed by atoms with van der Waals surface area (Å²) in [5, 5.41) is 3.23. The van der Waals surface area contributed by atoms with Crippen molar-refractivity contribution < 1.29 is 8.42 Å². The first-order chi connectivity index (χ1) is 10.1. The lowest BCUT2D eigenvalue weighted by molar-refractivity contribution is 0.383. The number of sulfone groups is 1. The van der Waals surface area contributed by atoms with Gasteiger partial charge in [0, 0.05) is 23.9 Å². The normalized spacial score (nSPS) is 29.0. The van der Waals surface area contributed by atoms with Crippen LogP contribution < -0.4 is 5.32 Å². The fourth-order valence-electron chi connectivity index (χ4n) is 3.94. The van der Waals surface area contributed by atoms with Crippen LogP contribution in [0.2, 0.25) is 0 Å². The quantitative estimate of drug-likeness (QED) is 0.925. The topological polar surface area (TPSA) is 59.1 Å². The van der Waals surface area contributed by atoms with Crippen molar-refractivity contribution in [3.8, 4) is 0 Å². The average Bonchev–Trinajstić information content (AvgIpc) is 2.89. The van der Waals surface area contributed by atoms with Crippen LogP contribution in [0.15, 0.2) is 18.3 Å². The maximum absolute atomic E-state index is 12.5. The van der Waals surface area contributed by atoms with E-state index in [0.29, 0.717) is 5.75 Å². The first-order valence-corrected chi connectivity index (χ1v) is 9.74. The van der Waals surface area contributed by atoms with Gasteiger partial charge in [0.05, 0.1) is 11.0 Å². The fourth-order valence-corrected chi connectivity index (χ4v) is 6.11. The Labute approximate surface area is 127 Å². The Morgan fingerprint density at radius 1 is 1.38 bits per heavy atom. The molecule has 3 rings (SSSR count). The number of hydrogen-bond acceptors (Lipinski definition) is 4. The largest absolute Gasteiger partial charge is 0.312 e. The average molecular weight is 308 g/mol. The first kappa shape index (κ1) is 15.0. The Morgan fingerprint density at radius 3 is 3.00 bits per heavy atom. The van der Waals surface area contributed by atoms with E-state index in [9.17, 15) is 8.42 Å². The molecule has 0 amide bonds. The SMILES string of the molecule is CCNC(C1CCc2cccnc21)C1CCCCS1(=O)=O. The predicted molar refractivity (Wildman–Crippen MR) is 84.2 cm³/mol. The van der Waals surface area contributed by atoms with Crippen LogP contribution in [-0.4, -0.2) is 37.0 Å². The number of fused-ring (bicyclic) bond motifs is 1. The van der Waals surface area contributed by atoms with Gasteiger partial charge >= 0.3 is 0 Å². The Hall–Kier alpha value is -0.940. The van der Waals surface area contributed by atoms with Crippen LogP contribution in [0.4, 0.5) is 0 Å². The molecular weight excluding hydrogens is 284 g/mol. The van der Waals surface area contributed by atoms with Gasteiger partial charge in [-0.05, 0) is 43.9 Å². The van der Waals surface area contributed by atoms with Crippen molar-refractivity contribution in [2.24, 2.45) is 0 Å². The molecule has 1 aromatic rings. The molecule has 2 heterocycles. The van der Waals surface area contributed by atoms with E-state index in [0.717, 1.165) is 44.3 Å². The molecule has 21 heavy (non-hydrogen) atoms. The third-order valence-corrected chi connectivity index (χ3v) is 7.21. The number of nitrogens with one attached hydrogen (secondary N) is 1. The number of rotatable bonds is 4. The van der Waals surface area contributed by atoms with Gasteiger partial charge in [-0.15, -0.1) is 0 Å². The van der Waals surface area contributed by atoms with Gasteiger partial charge in [0.15, 0.2) is 9.84 Å². The number of nitrogens with zero attached hydrogens (tertiary/aromatic N) is 1. The van der Waals surface area contributed by atoms with Gasteiger partial charge in [0.25, 0.3) is 0 Å². The predicted octanol–water partition coefficient (Wildman–Crippen LogP) is 2.06. The van der Waals surface area contributed by atoms with E-state index in [1.807, 2.05) is 12.3 Å². The van der Waals surface area contributed by atoms with Gasteiger partial charge in [-0.25, -0.2) is 8.42 Å². The van der Waals surface area contributed by atoms with Crippen LogP contribution >= 0.6 is 0 Å². The number of aromatic nitrogens is 1. The summed E-state index contributed by atoms with van der Waals surface area (Å²) in [7, 11) is -2.98. The van der Waals surface area contributed by atoms with Gasteiger partial charge in [0.1, 0.15) is 0 Å². The zero-order valence-corrected chi connectivity index (χ0v) is 13.4. The number of likely N-dealkylation sites (N-methyl/N-ethyl adjacent to an activating group) is 1. The van der Waals surface area contributed by atoms with Crippen molar-refractivity contribution in [2.45, 2.75) is 56.2 Å². The molecule has 0 radical (unpaired) electrons. The minimum Gasteiger partial charge on any atom is -0.312 e. The zero-order chi connectivity index (χ0) is 14.9. The molecular formula is C16H24N2O2S. The van der Waals surface area contributed by atoms with Crippen LogP contribution in [0.5, 0.6) is 0 Å². The molecule has 1 saturated heterocycles. The Bertz CT molecular complexity index is 600. The zero-order valence-electron chi connectivity index (χ0n) is 12.6. The van der Waals surface area contributed by atoms with Crippen LogP contribution in [0.1, 0.15) is 49.8 Å². The number of pyridine rings is 1. The Morgan fingerprint density at radius 2 is 2.24 bits per heavy atom. The van der Waals surface area contributed by atoms with Gasteiger partial charge < -0.3 is 5.32 Å². The molecule has 1 aliphatic heterocycles. The minimum absolute atomic E-state index is 0.0106. The highest BCUT2D eigenvalue weighted by Crippen LogP contribution is 2.38. The summed E-state index contributed by atoms with van der Waals surface area (Å²) in [6.45, 7) is 2.85. The summed E-state index contributed by atoms with van der Waals surface area (Å²) >= 11 is 0. The molecule has 5 heteroatoms. The smallest absolute Gasteiger partial charge is 0.154 e. The minimum atomic E-state index is -2.98. The molecule has 1 aliphatic carbocycles. The first-order valence-electron chi connectivity index (χ1n) is 8.02. The number of hydrogen-bond donors (Lipinski definition) is 1.